The van der Waals surface area contributed by atoms with E-state index in [1.165, 1.54) is 6.42 Å². The molecule has 1 unspecified atom stereocenters. The third-order valence-electron chi connectivity index (χ3n) is 4.62. The lowest BCUT2D eigenvalue weighted by Crippen LogP contribution is -2.46. The van der Waals surface area contributed by atoms with Crippen molar-refractivity contribution in [2.75, 3.05) is 6.61 Å². The average molecular weight is 253 g/mol. The summed E-state index contributed by atoms with van der Waals surface area (Å²) in [5, 5.41) is 11.2. The van der Waals surface area contributed by atoms with Crippen molar-refractivity contribution in [3.8, 4) is 0 Å². The van der Waals surface area contributed by atoms with Gasteiger partial charge in [-0.25, -0.2) is 4.79 Å². The third kappa shape index (κ3) is 2.23. The van der Waals surface area contributed by atoms with Crippen LogP contribution in [-0.4, -0.2) is 35.2 Å². The second kappa shape index (κ2) is 3.95. The second-order valence-electron chi connectivity index (χ2n) is 6.21. The van der Waals surface area contributed by atoms with Crippen molar-refractivity contribution in [1.82, 2.24) is 5.32 Å². The van der Waals surface area contributed by atoms with E-state index in [4.69, 9.17) is 9.84 Å². The molecular weight excluding hydrogens is 234 g/mol. The Kier molecular flexibility index (Phi) is 2.62. The lowest BCUT2D eigenvalue weighted by atomic mass is 9.89. The summed E-state index contributed by atoms with van der Waals surface area (Å²) in [5.41, 5.74) is -0.741. The zero-order valence-electron chi connectivity index (χ0n) is 10.5. The highest BCUT2D eigenvalue weighted by atomic mass is 16.6. The van der Waals surface area contributed by atoms with Gasteiger partial charge in [-0.15, -0.1) is 0 Å². The molecule has 0 aromatic rings. The molecule has 1 aliphatic heterocycles. The number of amides is 1. The first-order valence-electron chi connectivity index (χ1n) is 6.65. The van der Waals surface area contributed by atoms with E-state index in [1.54, 1.807) is 6.92 Å². The Bertz CT molecular complexity index is 380. The number of hydrogen-bond acceptors (Lipinski definition) is 3. The van der Waals surface area contributed by atoms with Gasteiger partial charge in [-0.2, -0.15) is 0 Å². The summed E-state index contributed by atoms with van der Waals surface area (Å²) < 4.78 is 5.13. The van der Waals surface area contributed by atoms with Crippen LogP contribution < -0.4 is 5.32 Å². The molecule has 3 fully saturated rings. The lowest BCUT2D eigenvalue weighted by Gasteiger charge is -2.21. The van der Waals surface area contributed by atoms with E-state index in [0.717, 1.165) is 24.7 Å². The molecule has 5 heteroatoms. The number of ketones is 1. The molecule has 0 aromatic heterocycles. The van der Waals surface area contributed by atoms with E-state index in [0.29, 0.717) is 18.9 Å². The molecule has 2 aliphatic carbocycles. The Labute approximate surface area is 106 Å². The monoisotopic (exact) mass is 253 g/mol. The summed E-state index contributed by atoms with van der Waals surface area (Å²) in [6.45, 7) is 2.15. The number of carbonyl (C=O) groups excluding carboxylic acids is 1. The van der Waals surface area contributed by atoms with Crippen LogP contribution in [0, 0.1) is 17.8 Å². The summed E-state index contributed by atoms with van der Waals surface area (Å²) in [6, 6.07) is -0.600. The largest absolute Gasteiger partial charge is 0.465 e. The van der Waals surface area contributed by atoms with Crippen molar-refractivity contribution in [3.05, 3.63) is 0 Å². The van der Waals surface area contributed by atoms with Crippen LogP contribution in [0.15, 0.2) is 0 Å². The SMILES string of the molecule is C[C@@]1(C(=O)[C@@H](CC2C[C@@H]3C[C@@H]3C2)NC(=O)O)CO1. The van der Waals surface area contributed by atoms with Gasteiger partial charge in [-0.1, -0.05) is 0 Å². The highest BCUT2D eigenvalue weighted by Gasteiger charge is 2.52. The Morgan fingerprint density at radius 3 is 2.50 bits per heavy atom. The smallest absolute Gasteiger partial charge is 0.405 e. The van der Waals surface area contributed by atoms with Gasteiger partial charge in [0.05, 0.1) is 12.6 Å². The van der Waals surface area contributed by atoms with Gasteiger partial charge in [0.25, 0.3) is 0 Å². The van der Waals surface area contributed by atoms with Crippen LogP contribution in [0.3, 0.4) is 0 Å². The molecule has 3 aliphatic rings. The molecule has 0 radical (unpaired) electrons. The highest BCUT2D eigenvalue weighted by molar-refractivity contribution is 5.95. The van der Waals surface area contributed by atoms with E-state index in [-0.39, 0.29) is 5.78 Å². The minimum absolute atomic E-state index is 0.106. The number of fused-ring (bicyclic) bond motifs is 1. The van der Waals surface area contributed by atoms with Crippen LogP contribution in [0.5, 0.6) is 0 Å². The van der Waals surface area contributed by atoms with Gasteiger partial charge in [0, 0.05) is 0 Å². The number of carbonyl (C=O) groups is 2. The fraction of sp³-hybridized carbons (Fsp3) is 0.846. The van der Waals surface area contributed by atoms with Crippen molar-refractivity contribution in [2.45, 2.75) is 44.2 Å². The quantitative estimate of drug-likeness (QED) is 0.726. The van der Waals surface area contributed by atoms with Gasteiger partial charge in [0.2, 0.25) is 0 Å². The standard InChI is InChI=1S/C13H19NO4/c1-13(6-18-13)11(15)10(14-12(16)17)4-7-2-8-5-9(8)3-7/h7-10,14H,2-6H2,1H3,(H,16,17)/t7?,8-,9+,10-,13+/m1/s1. The fourth-order valence-electron chi connectivity index (χ4n) is 3.37. The summed E-state index contributed by atoms with van der Waals surface area (Å²) in [4.78, 5) is 23.0. The van der Waals surface area contributed by atoms with Crippen LogP contribution in [0.4, 0.5) is 4.79 Å². The number of carboxylic acid groups (broad SMARTS) is 1. The minimum Gasteiger partial charge on any atom is -0.465 e. The molecule has 5 nitrogen and oxygen atoms in total. The topological polar surface area (TPSA) is 78.9 Å². The first-order valence-corrected chi connectivity index (χ1v) is 6.65. The lowest BCUT2D eigenvalue weighted by molar-refractivity contribution is -0.126. The number of ether oxygens (including phenoxy) is 1. The van der Waals surface area contributed by atoms with Crippen LogP contribution in [-0.2, 0) is 9.53 Å². The summed E-state index contributed by atoms with van der Waals surface area (Å²) in [7, 11) is 0. The second-order valence-corrected chi connectivity index (χ2v) is 6.21. The van der Waals surface area contributed by atoms with Crippen LogP contribution in [0.1, 0.15) is 32.6 Å². The molecule has 1 heterocycles. The number of nitrogens with one attached hydrogen (secondary N) is 1. The molecule has 0 aromatic carbocycles. The Morgan fingerprint density at radius 1 is 1.39 bits per heavy atom. The molecule has 2 saturated carbocycles. The van der Waals surface area contributed by atoms with Crippen LogP contribution >= 0.6 is 0 Å². The Balaban J connectivity index is 1.61. The van der Waals surface area contributed by atoms with E-state index in [2.05, 4.69) is 5.32 Å². The average Bonchev–Trinajstić information content (AvgIpc) is 3.18. The van der Waals surface area contributed by atoms with Crippen LogP contribution in [0.2, 0.25) is 0 Å². The van der Waals surface area contributed by atoms with Crippen molar-refractivity contribution in [2.24, 2.45) is 17.8 Å². The Morgan fingerprint density at radius 2 is 2.00 bits per heavy atom. The first-order chi connectivity index (χ1) is 8.48. The van der Waals surface area contributed by atoms with Gasteiger partial charge in [-0.05, 0) is 50.4 Å². The fourth-order valence-corrected chi connectivity index (χ4v) is 3.37. The summed E-state index contributed by atoms with van der Waals surface area (Å²) in [6.07, 6.45) is 3.17. The molecule has 0 spiro atoms. The van der Waals surface area contributed by atoms with E-state index in [1.807, 2.05) is 0 Å². The van der Waals surface area contributed by atoms with E-state index in [9.17, 15) is 9.59 Å². The van der Waals surface area contributed by atoms with Gasteiger partial charge < -0.3 is 15.2 Å². The van der Waals surface area contributed by atoms with E-state index < -0.39 is 17.7 Å². The van der Waals surface area contributed by atoms with Crippen molar-refractivity contribution in [1.29, 1.82) is 0 Å². The Hall–Kier alpha value is -1.10. The number of rotatable bonds is 5. The maximum absolute atomic E-state index is 12.2. The maximum atomic E-state index is 12.2. The molecule has 5 atom stereocenters. The molecule has 1 amide bonds. The van der Waals surface area contributed by atoms with Gasteiger partial charge in [0.1, 0.15) is 5.60 Å². The third-order valence-corrected chi connectivity index (χ3v) is 4.62. The van der Waals surface area contributed by atoms with Crippen molar-refractivity contribution in [3.63, 3.8) is 0 Å². The highest BCUT2D eigenvalue weighted by Crippen LogP contribution is 2.55. The minimum atomic E-state index is -1.12. The number of epoxide rings is 1. The van der Waals surface area contributed by atoms with Gasteiger partial charge in [-0.3, -0.25) is 4.79 Å². The molecule has 18 heavy (non-hydrogen) atoms. The first kappa shape index (κ1) is 12.0. The van der Waals surface area contributed by atoms with Gasteiger partial charge >= 0.3 is 6.09 Å². The normalized spacial score (nSPS) is 41.9. The van der Waals surface area contributed by atoms with Crippen LogP contribution in [0.25, 0.3) is 0 Å². The molecule has 100 valence electrons. The molecule has 0 bridgehead atoms. The zero-order chi connectivity index (χ0) is 12.9. The number of Topliss-reactive ketones (excluding diaryl/α,β-unsaturated/α-hetero) is 1. The van der Waals surface area contributed by atoms with Gasteiger partial charge in [0.15, 0.2) is 5.78 Å². The predicted molar refractivity (Wildman–Crippen MR) is 63.3 cm³/mol. The summed E-state index contributed by atoms with van der Waals surface area (Å²) in [5.74, 6) is 2.09. The van der Waals surface area contributed by atoms with E-state index >= 15 is 0 Å². The molecule has 1 saturated heterocycles. The molecule has 2 N–H and O–H groups in total. The molecule has 3 rings (SSSR count). The number of hydrogen-bond donors (Lipinski definition) is 2. The van der Waals surface area contributed by atoms with Crippen molar-refractivity contribution < 1.29 is 19.4 Å². The van der Waals surface area contributed by atoms with Crippen molar-refractivity contribution >= 4 is 11.9 Å². The zero-order valence-corrected chi connectivity index (χ0v) is 10.5. The maximum Gasteiger partial charge on any atom is 0.405 e. The molecular formula is C13H19NO4. The predicted octanol–water partition coefficient (Wildman–Crippen LogP) is 1.42. The summed E-state index contributed by atoms with van der Waals surface area (Å²) >= 11 is 0.